The number of methoxy groups -OCH3 is 1. The van der Waals surface area contributed by atoms with Crippen molar-refractivity contribution in [2.45, 2.75) is 19.9 Å². The predicted molar refractivity (Wildman–Crippen MR) is 132 cm³/mol. The Bertz CT molecular complexity index is 1560. The molecular formula is C25H26FN3O5S. The first-order valence-electron chi connectivity index (χ1n) is 11.0. The van der Waals surface area contributed by atoms with Gasteiger partial charge in [0, 0.05) is 11.8 Å². The van der Waals surface area contributed by atoms with Gasteiger partial charge in [0.25, 0.3) is 5.88 Å². The summed E-state index contributed by atoms with van der Waals surface area (Å²) >= 11 is 0. The number of H-pyrrole nitrogens is 1. The molecule has 35 heavy (non-hydrogen) atoms. The van der Waals surface area contributed by atoms with E-state index in [0.29, 0.717) is 40.2 Å². The number of hydrogen-bond donors (Lipinski definition) is 1. The van der Waals surface area contributed by atoms with E-state index in [-0.39, 0.29) is 17.5 Å². The van der Waals surface area contributed by atoms with Gasteiger partial charge in [0.15, 0.2) is 5.75 Å². The maximum atomic E-state index is 14.5. The standard InChI is InChI=1S/C25H26FN3O5S/c1-5-34-24-23(33-3)11-9-19(27-24)22(14-35(4,31)32)29-21-10-7-16(13-20(21)28-25(29)30)17-12-15(2)6-8-18(17)26/h6-13,22H,5,14H2,1-4H3,(H,28,30). The van der Waals surface area contributed by atoms with Crippen molar-refractivity contribution in [3.8, 4) is 22.8 Å². The number of halogens is 1. The molecule has 0 aliphatic heterocycles. The number of sulfone groups is 1. The van der Waals surface area contributed by atoms with Crippen LogP contribution in [0.5, 0.6) is 11.6 Å². The van der Waals surface area contributed by atoms with Crippen LogP contribution in [0.2, 0.25) is 0 Å². The Morgan fingerprint density at radius 1 is 1.14 bits per heavy atom. The molecule has 0 bridgehead atoms. The van der Waals surface area contributed by atoms with Gasteiger partial charge in [0.05, 0.1) is 42.2 Å². The molecular weight excluding hydrogens is 473 g/mol. The first-order valence-corrected chi connectivity index (χ1v) is 13.0. The minimum atomic E-state index is -3.52. The zero-order valence-corrected chi connectivity index (χ0v) is 20.6. The lowest BCUT2D eigenvalue weighted by Gasteiger charge is -2.19. The molecule has 10 heteroatoms. The number of aryl methyl sites for hydroxylation is 1. The van der Waals surface area contributed by atoms with E-state index >= 15 is 0 Å². The second-order valence-electron chi connectivity index (χ2n) is 8.30. The van der Waals surface area contributed by atoms with Crippen LogP contribution in [-0.2, 0) is 9.84 Å². The molecule has 2 heterocycles. The molecule has 1 atom stereocenters. The van der Waals surface area contributed by atoms with Crippen LogP contribution in [0.3, 0.4) is 0 Å². The zero-order chi connectivity index (χ0) is 25.3. The van der Waals surface area contributed by atoms with Crippen molar-refractivity contribution < 1.29 is 22.3 Å². The molecule has 2 aromatic heterocycles. The molecule has 0 spiro atoms. The topological polar surface area (TPSA) is 103 Å². The van der Waals surface area contributed by atoms with E-state index < -0.39 is 21.6 Å². The summed E-state index contributed by atoms with van der Waals surface area (Å²) in [6.45, 7) is 3.99. The number of rotatable bonds is 8. The van der Waals surface area contributed by atoms with Crippen LogP contribution in [-0.4, -0.2) is 48.7 Å². The SMILES string of the molecule is CCOc1nc(C(CS(C)(=O)=O)n2c(=O)[nH]c3cc(-c4cc(C)ccc4F)ccc32)ccc1OC. The van der Waals surface area contributed by atoms with Crippen molar-refractivity contribution in [2.75, 3.05) is 25.7 Å². The van der Waals surface area contributed by atoms with Crippen molar-refractivity contribution in [2.24, 2.45) is 0 Å². The summed E-state index contributed by atoms with van der Waals surface area (Å²) in [5, 5.41) is 0. The monoisotopic (exact) mass is 499 g/mol. The van der Waals surface area contributed by atoms with Crippen molar-refractivity contribution in [1.29, 1.82) is 0 Å². The van der Waals surface area contributed by atoms with Crippen LogP contribution in [0.25, 0.3) is 22.2 Å². The van der Waals surface area contributed by atoms with E-state index in [1.54, 1.807) is 49.4 Å². The lowest BCUT2D eigenvalue weighted by molar-refractivity contribution is 0.296. The van der Waals surface area contributed by atoms with Gasteiger partial charge < -0.3 is 14.5 Å². The Hall–Kier alpha value is -3.66. The highest BCUT2D eigenvalue weighted by Crippen LogP contribution is 2.31. The largest absolute Gasteiger partial charge is 0.491 e. The molecule has 1 N–H and O–H groups in total. The number of ether oxygens (including phenoxy) is 2. The Balaban J connectivity index is 1.89. The van der Waals surface area contributed by atoms with Crippen LogP contribution in [0.1, 0.15) is 24.2 Å². The van der Waals surface area contributed by atoms with E-state index in [2.05, 4.69) is 9.97 Å². The summed E-state index contributed by atoms with van der Waals surface area (Å²) < 4.78 is 51.4. The number of aromatic nitrogens is 3. The van der Waals surface area contributed by atoms with Gasteiger partial charge in [-0.25, -0.2) is 22.6 Å². The molecule has 0 radical (unpaired) electrons. The number of fused-ring (bicyclic) bond motifs is 1. The summed E-state index contributed by atoms with van der Waals surface area (Å²) in [7, 11) is -2.04. The maximum Gasteiger partial charge on any atom is 0.327 e. The fourth-order valence-corrected chi connectivity index (χ4v) is 4.96. The highest BCUT2D eigenvalue weighted by molar-refractivity contribution is 7.90. The number of aromatic amines is 1. The third-order valence-corrected chi connectivity index (χ3v) is 6.53. The Morgan fingerprint density at radius 2 is 1.91 bits per heavy atom. The van der Waals surface area contributed by atoms with Gasteiger partial charge in [-0.3, -0.25) is 4.57 Å². The van der Waals surface area contributed by atoms with Crippen molar-refractivity contribution in [1.82, 2.24) is 14.5 Å². The average molecular weight is 500 g/mol. The number of benzene rings is 2. The van der Waals surface area contributed by atoms with Gasteiger partial charge in [-0.05, 0) is 55.8 Å². The predicted octanol–water partition coefficient (Wildman–Crippen LogP) is 3.88. The summed E-state index contributed by atoms with van der Waals surface area (Å²) in [6.07, 6.45) is 1.10. The molecule has 4 aromatic rings. The number of nitrogens with zero attached hydrogens (tertiary/aromatic N) is 2. The summed E-state index contributed by atoms with van der Waals surface area (Å²) in [6, 6.07) is 12.2. The Kier molecular flexibility index (Phi) is 6.66. The maximum absolute atomic E-state index is 14.5. The minimum absolute atomic E-state index is 0.205. The average Bonchev–Trinajstić information content (AvgIpc) is 3.13. The summed E-state index contributed by atoms with van der Waals surface area (Å²) in [5.41, 5.74) is 2.64. The lowest BCUT2D eigenvalue weighted by Crippen LogP contribution is -2.29. The Labute approximate surface area is 202 Å². The highest BCUT2D eigenvalue weighted by Gasteiger charge is 2.26. The second-order valence-corrected chi connectivity index (χ2v) is 10.5. The molecule has 0 aliphatic rings. The summed E-state index contributed by atoms with van der Waals surface area (Å²) in [5.74, 6) is -0.141. The van der Waals surface area contributed by atoms with Gasteiger partial charge >= 0.3 is 5.69 Å². The van der Waals surface area contributed by atoms with E-state index in [9.17, 15) is 17.6 Å². The van der Waals surface area contributed by atoms with Crippen molar-refractivity contribution in [3.05, 3.63) is 76.1 Å². The van der Waals surface area contributed by atoms with Crippen LogP contribution < -0.4 is 15.2 Å². The van der Waals surface area contributed by atoms with Gasteiger partial charge in [0.1, 0.15) is 15.7 Å². The van der Waals surface area contributed by atoms with Crippen molar-refractivity contribution in [3.63, 3.8) is 0 Å². The highest BCUT2D eigenvalue weighted by atomic mass is 32.2. The number of nitrogens with one attached hydrogen (secondary N) is 1. The zero-order valence-electron chi connectivity index (χ0n) is 19.8. The first kappa shape index (κ1) is 24.5. The quantitative estimate of drug-likeness (QED) is 0.395. The molecule has 0 amide bonds. The normalized spacial score (nSPS) is 12.6. The van der Waals surface area contributed by atoms with Crippen LogP contribution in [0.15, 0.2) is 53.3 Å². The minimum Gasteiger partial charge on any atom is -0.491 e. The van der Waals surface area contributed by atoms with E-state index in [1.807, 2.05) is 6.92 Å². The first-order chi connectivity index (χ1) is 16.6. The third-order valence-electron chi connectivity index (χ3n) is 5.61. The molecule has 0 saturated heterocycles. The van der Waals surface area contributed by atoms with E-state index in [4.69, 9.17) is 9.47 Å². The van der Waals surface area contributed by atoms with Crippen LogP contribution in [0.4, 0.5) is 4.39 Å². The third kappa shape index (κ3) is 5.07. The van der Waals surface area contributed by atoms with E-state index in [0.717, 1.165) is 11.8 Å². The molecule has 184 valence electrons. The fourth-order valence-electron chi connectivity index (χ4n) is 4.07. The second kappa shape index (κ2) is 9.53. The number of hydrogen-bond acceptors (Lipinski definition) is 6. The van der Waals surface area contributed by atoms with E-state index in [1.165, 1.54) is 17.7 Å². The van der Waals surface area contributed by atoms with Gasteiger partial charge in [-0.15, -0.1) is 0 Å². The summed E-state index contributed by atoms with van der Waals surface area (Å²) in [4.78, 5) is 20.3. The van der Waals surface area contributed by atoms with Gasteiger partial charge in [-0.1, -0.05) is 17.7 Å². The number of pyridine rings is 1. The fraction of sp³-hybridized carbons (Fsp3) is 0.280. The smallest absolute Gasteiger partial charge is 0.327 e. The molecule has 4 rings (SSSR count). The lowest BCUT2D eigenvalue weighted by atomic mass is 10.0. The van der Waals surface area contributed by atoms with Gasteiger partial charge in [0.2, 0.25) is 0 Å². The van der Waals surface area contributed by atoms with Crippen LogP contribution >= 0.6 is 0 Å². The molecule has 0 aliphatic carbocycles. The van der Waals surface area contributed by atoms with Crippen molar-refractivity contribution >= 4 is 20.9 Å². The van der Waals surface area contributed by atoms with Gasteiger partial charge in [-0.2, -0.15) is 0 Å². The van der Waals surface area contributed by atoms with Crippen LogP contribution in [0, 0.1) is 12.7 Å². The molecule has 0 saturated carbocycles. The molecule has 0 fully saturated rings. The molecule has 2 aromatic carbocycles. The molecule has 1 unspecified atom stereocenters. The molecule has 8 nitrogen and oxygen atoms in total. The Morgan fingerprint density at radius 3 is 2.60 bits per heavy atom. The number of imidazole rings is 1.